The lowest BCUT2D eigenvalue weighted by atomic mass is 10.0. The molecular formula is C15H15NO3. The normalized spacial score (nSPS) is 10.0. The van der Waals surface area contributed by atoms with Gasteiger partial charge in [0, 0.05) is 11.3 Å². The predicted octanol–water partition coefficient (Wildman–Crippen LogP) is 2.52. The van der Waals surface area contributed by atoms with E-state index in [1.54, 1.807) is 42.5 Å². The molecule has 0 aliphatic heterocycles. The number of nitrogen functional groups attached to an aromatic ring is 1. The lowest BCUT2D eigenvalue weighted by Gasteiger charge is -2.12. The lowest BCUT2D eigenvalue weighted by molar-refractivity contribution is 0.103. The van der Waals surface area contributed by atoms with Gasteiger partial charge in [0.25, 0.3) is 0 Å². The van der Waals surface area contributed by atoms with Crippen LogP contribution < -0.4 is 15.2 Å². The molecule has 0 heterocycles. The van der Waals surface area contributed by atoms with E-state index < -0.39 is 0 Å². The number of hydrogen-bond donors (Lipinski definition) is 1. The second-order valence-electron chi connectivity index (χ2n) is 3.99. The van der Waals surface area contributed by atoms with Crippen molar-refractivity contribution in [1.29, 1.82) is 0 Å². The minimum absolute atomic E-state index is 0.158. The number of hydrogen-bond acceptors (Lipinski definition) is 4. The molecule has 0 aliphatic rings. The van der Waals surface area contributed by atoms with Gasteiger partial charge in [0.15, 0.2) is 0 Å². The molecule has 98 valence electrons. The van der Waals surface area contributed by atoms with E-state index in [9.17, 15) is 4.79 Å². The van der Waals surface area contributed by atoms with Crippen LogP contribution in [0.25, 0.3) is 0 Å². The third-order valence-corrected chi connectivity index (χ3v) is 2.83. The Balaban J connectivity index is 2.51. The Kier molecular flexibility index (Phi) is 3.71. The Bertz CT molecular complexity index is 569. The fourth-order valence-electron chi connectivity index (χ4n) is 1.85. The summed E-state index contributed by atoms with van der Waals surface area (Å²) < 4.78 is 10.5. The fourth-order valence-corrected chi connectivity index (χ4v) is 1.85. The first-order chi connectivity index (χ1) is 9.17. The van der Waals surface area contributed by atoms with Gasteiger partial charge in [-0.2, -0.15) is 0 Å². The molecule has 2 aromatic carbocycles. The van der Waals surface area contributed by atoms with Gasteiger partial charge in [0.1, 0.15) is 17.1 Å². The highest BCUT2D eigenvalue weighted by molar-refractivity contribution is 6.12. The average Bonchev–Trinajstić information content (AvgIpc) is 2.46. The maximum atomic E-state index is 12.5. The number of rotatable bonds is 4. The summed E-state index contributed by atoms with van der Waals surface area (Å²) in [5.74, 6) is 0.816. The summed E-state index contributed by atoms with van der Waals surface area (Å²) in [6, 6.07) is 12.0. The first-order valence-electron chi connectivity index (χ1n) is 5.78. The highest BCUT2D eigenvalue weighted by Crippen LogP contribution is 2.30. The molecule has 2 rings (SSSR count). The topological polar surface area (TPSA) is 61.5 Å². The molecule has 2 aromatic rings. The van der Waals surface area contributed by atoms with E-state index in [4.69, 9.17) is 15.2 Å². The number of ketones is 1. The molecular weight excluding hydrogens is 242 g/mol. The minimum atomic E-state index is -0.158. The molecule has 0 saturated heterocycles. The van der Waals surface area contributed by atoms with Crippen LogP contribution in [0.2, 0.25) is 0 Å². The number of carbonyl (C=O) groups excluding carboxylic acids is 1. The molecule has 0 amide bonds. The average molecular weight is 257 g/mol. The van der Waals surface area contributed by atoms with Gasteiger partial charge in [-0.25, -0.2) is 0 Å². The van der Waals surface area contributed by atoms with Crippen molar-refractivity contribution in [3.63, 3.8) is 0 Å². The smallest absolute Gasteiger partial charge is 0.200 e. The zero-order valence-electron chi connectivity index (χ0n) is 10.8. The van der Waals surface area contributed by atoms with Crippen molar-refractivity contribution >= 4 is 11.5 Å². The highest BCUT2D eigenvalue weighted by Gasteiger charge is 2.19. The molecule has 4 nitrogen and oxygen atoms in total. The molecule has 0 aliphatic carbocycles. The van der Waals surface area contributed by atoms with Crippen molar-refractivity contribution in [2.75, 3.05) is 20.0 Å². The summed E-state index contributed by atoms with van der Waals surface area (Å²) in [5.41, 5.74) is 7.18. The fraction of sp³-hybridized carbons (Fsp3) is 0.133. The van der Waals surface area contributed by atoms with Crippen LogP contribution in [-0.4, -0.2) is 20.0 Å². The monoisotopic (exact) mass is 257 g/mol. The summed E-state index contributed by atoms with van der Waals surface area (Å²) in [7, 11) is 3.04. The second-order valence-corrected chi connectivity index (χ2v) is 3.99. The molecule has 0 spiro atoms. The van der Waals surface area contributed by atoms with Gasteiger partial charge in [-0.1, -0.05) is 6.07 Å². The third kappa shape index (κ3) is 2.52. The molecule has 0 bridgehead atoms. The van der Waals surface area contributed by atoms with E-state index in [0.29, 0.717) is 28.3 Å². The van der Waals surface area contributed by atoms with Crippen LogP contribution in [0.15, 0.2) is 42.5 Å². The van der Waals surface area contributed by atoms with E-state index in [1.165, 1.54) is 14.2 Å². The summed E-state index contributed by atoms with van der Waals surface area (Å²) >= 11 is 0. The van der Waals surface area contributed by atoms with Gasteiger partial charge in [-0.3, -0.25) is 4.79 Å². The number of anilines is 1. The van der Waals surface area contributed by atoms with Gasteiger partial charge in [0.05, 0.1) is 14.2 Å². The Hall–Kier alpha value is -2.49. The van der Waals surface area contributed by atoms with Gasteiger partial charge < -0.3 is 15.2 Å². The van der Waals surface area contributed by atoms with Gasteiger partial charge in [-0.15, -0.1) is 0 Å². The Morgan fingerprint density at radius 2 is 1.47 bits per heavy atom. The Labute approximate surface area is 111 Å². The van der Waals surface area contributed by atoms with Crippen molar-refractivity contribution in [1.82, 2.24) is 0 Å². The number of methoxy groups -OCH3 is 2. The van der Waals surface area contributed by atoms with Gasteiger partial charge in [0.2, 0.25) is 5.78 Å². The quantitative estimate of drug-likeness (QED) is 0.675. The predicted molar refractivity (Wildman–Crippen MR) is 73.8 cm³/mol. The van der Waals surface area contributed by atoms with Crippen LogP contribution >= 0.6 is 0 Å². The Morgan fingerprint density at radius 3 is 1.95 bits per heavy atom. The molecule has 0 fully saturated rings. The number of benzene rings is 2. The van der Waals surface area contributed by atoms with Crippen molar-refractivity contribution in [3.05, 3.63) is 53.6 Å². The molecule has 0 aromatic heterocycles. The van der Waals surface area contributed by atoms with E-state index >= 15 is 0 Å². The van der Waals surface area contributed by atoms with Crippen molar-refractivity contribution in [2.24, 2.45) is 0 Å². The second kappa shape index (κ2) is 5.44. The van der Waals surface area contributed by atoms with Crippen LogP contribution in [0.4, 0.5) is 5.69 Å². The molecule has 0 atom stereocenters. The summed E-state index contributed by atoms with van der Waals surface area (Å²) in [4.78, 5) is 12.5. The number of nitrogens with two attached hydrogens (primary N) is 1. The SMILES string of the molecule is COc1cccc(OC)c1C(=O)c1ccc(N)cc1. The zero-order chi connectivity index (χ0) is 13.8. The number of ether oxygens (including phenoxy) is 2. The summed E-state index contributed by atoms with van der Waals surface area (Å²) in [5, 5.41) is 0. The summed E-state index contributed by atoms with van der Waals surface area (Å²) in [6.07, 6.45) is 0. The van der Waals surface area contributed by atoms with Gasteiger partial charge >= 0.3 is 0 Å². The maximum absolute atomic E-state index is 12.5. The molecule has 19 heavy (non-hydrogen) atoms. The standard InChI is InChI=1S/C15H15NO3/c1-18-12-4-3-5-13(19-2)14(12)15(17)10-6-8-11(16)9-7-10/h3-9H,16H2,1-2H3. The lowest BCUT2D eigenvalue weighted by Crippen LogP contribution is -2.06. The molecule has 4 heteroatoms. The van der Waals surface area contributed by atoms with E-state index in [1.807, 2.05) is 0 Å². The first kappa shape index (κ1) is 13.0. The third-order valence-electron chi connectivity index (χ3n) is 2.83. The van der Waals surface area contributed by atoms with E-state index in [2.05, 4.69) is 0 Å². The van der Waals surface area contributed by atoms with Crippen molar-refractivity contribution in [2.45, 2.75) is 0 Å². The number of carbonyl (C=O) groups is 1. The van der Waals surface area contributed by atoms with Crippen LogP contribution in [0, 0.1) is 0 Å². The van der Waals surface area contributed by atoms with E-state index in [0.717, 1.165) is 0 Å². The highest BCUT2D eigenvalue weighted by atomic mass is 16.5. The maximum Gasteiger partial charge on any atom is 0.200 e. The van der Waals surface area contributed by atoms with Crippen molar-refractivity contribution in [3.8, 4) is 11.5 Å². The Morgan fingerprint density at radius 1 is 0.947 bits per heavy atom. The van der Waals surface area contributed by atoms with Crippen LogP contribution in [-0.2, 0) is 0 Å². The van der Waals surface area contributed by atoms with Crippen LogP contribution in [0.5, 0.6) is 11.5 Å². The first-order valence-corrected chi connectivity index (χ1v) is 5.78. The molecule has 0 radical (unpaired) electrons. The molecule has 0 unspecified atom stereocenters. The molecule has 0 saturated carbocycles. The summed E-state index contributed by atoms with van der Waals surface area (Å²) in [6.45, 7) is 0. The van der Waals surface area contributed by atoms with E-state index in [-0.39, 0.29) is 5.78 Å². The largest absolute Gasteiger partial charge is 0.496 e. The van der Waals surface area contributed by atoms with Crippen LogP contribution in [0.1, 0.15) is 15.9 Å². The van der Waals surface area contributed by atoms with Crippen molar-refractivity contribution < 1.29 is 14.3 Å². The zero-order valence-corrected chi connectivity index (χ0v) is 10.8. The van der Waals surface area contributed by atoms with Gasteiger partial charge in [-0.05, 0) is 36.4 Å². The minimum Gasteiger partial charge on any atom is -0.496 e. The molecule has 2 N–H and O–H groups in total. The van der Waals surface area contributed by atoms with Crippen LogP contribution in [0.3, 0.4) is 0 Å².